The summed E-state index contributed by atoms with van der Waals surface area (Å²) in [6.45, 7) is 4.31. The molecule has 0 heterocycles. The lowest BCUT2D eigenvalue weighted by Crippen LogP contribution is -2.74. The van der Waals surface area contributed by atoms with Crippen LogP contribution in [0.1, 0.15) is 11.1 Å². The number of benzene rings is 5. The van der Waals surface area contributed by atoms with Gasteiger partial charge >= 0.3 is 0 Å². The first-order valence-electron chi connectivity index (χ1n) is 11.8. The highest BCUT2D eigenvalue weighted by Crippen LogP contribution is 2.24. The van der Waals surface area contributed by atoms with E-state index in [1.54, 1.807) is 0 Å². The second-order valence-corrected chi connectivity index (χ2v) is 12.6. The molecule has 166 valence electrons. The largest absolute Gasteiger partial charge is 0.355 e. The molecule has 0 fully saturated rings. The Morgan fingerprint density at radius 3 is 1.21 bits per heavy atom. The average molecular weight is 456 g/mol. The van der Waals surface area contributed by atoms with Crippen molar-refractivity contribution in [2.24, 2.45) is 0 Å². The highest BCUT2D eigenvalue weighted by molar-refractivity contribution is 7.19. The smallest absolute Gasteiger partial charge is 0.179 e. The Hall–Kier alpha value is -3.88. The van der Waals surface area contributed by atoms with Gasteiger partial charge in [0, 0.05) is 11.4 Å². The van der Waals surface area contributed by atoms with Crippen molar-refractivity contribution < 1.29 is 0 Å². The van der Waals surface area contributed by atoms with Crippen molar-refractivity contribution in [2.75, 3.05) is 5.32 Å². The summed E-state index contributed by atoms with van der Waals surface area (Å²) in [5.41, 5.74) is 4.81. The molecule has 0 aliphatic heterocycles. The molecule has 1 nitrogen and oxygen atoms in total. The third-order valence-electron chi connectivity index (χ3n) is 6.69. The van der Waals surface area contributed by atoms with Gasteiger partial charge in [-0.25, -0.2) is 0 Å². The molecule has 0 atom stereocenters. The molecule has 0 saturated carbocycles. The van der Waals surface area contributed by atoms with E-state index in [1.165, 1.54) is 37.6 Å². The molecule has 5 aromatic rings. The Morgan fingerprint density at radius 2 is 0.794 bits per heavy atom. The van der Waals surface area contributed by atoms with Crippen LogP contribution >= 0.6 is 0 Å². The predicted molar refractivity (Wildman–Crippen MR) is 149 cm³/mol. The molecule has 0 amide bonds. The van der Waals surface area contributed by atoms with Gasteiger partial charge in [0.25, 0.3) is 0 Å². The van der Waals surface area contributed by atoms with E-state index in [4.69, 9.17) is 0 Å². The summed E-state index contributed by atoms with van der Waals surface area (Å²) in [4.78, 5) is 0. The maximum Gasteiger partial charge on any atom is 0.179 e. The Kier molecular flexibility index (Phi) is 6.16. The maximum atomic E-state index is 3.65. The topological polar surface area (TPSA) is 12.0 Å². The van der Waals surface area contributed by atoms with Gasteiger partial charge in [-0.3, -0.25) is 0 Å². The van der Waals surface area contributed by atoms with Crippen molar-refractivity contribution in [1.29, 1.82) is 0 Å². The van der Waals surface area contributed by atoms with Crippen molar-refractivity contribution in [3.63, 3.8) is 0 Å². The second kappa shape index (κ2) is 9.54. The summed E-state index contributed by atoms with van der Waals surface area (Å²) >= 11 is 0. The van der Waals surface area contributed by atoms with E-state index in [0.717, 1.165) is 5.69 Å². The lowest BCUT2D eigenvalue weighted by atomic mass is 10.1. The van der Waals surface area contributed by atoms with E-state index in [9.17, 15) is 0 Å². The average Bonchev–Trinajstić information content (AvgIpc) is 2.90. The van der Waals surface area contributed by atoms with Crippen LogP contribution in [0.3, 0.4) is 0 Å². The number of para-hydroxylation sites is 1. The van der Waals surface area contributed by atoms with Gasteiger partial charge in [-0.15, -0.1) is 0 Å². The van der Waals surface area contributed by atoms with Crippen molar-refractivity contribution in [3.8, 4) is 0 Å². The van der Waals surface area contributed by atoms with Crippen LogP contribution in [0.5, 0.6) is 0 Å². The van der Waals surface area contributed by atoms with Crippen molar-refractivity contribution >= 4 is 40.2 Å². The van der Waals surface area contributed by atoms with Crippen LogP contribution in [0.4, 0.5) is 11.4 Å². The molecule has 5 aromatic carbocycles. The van der Waals surface area contributed by atoms with Gasteiger partial charge in [0.2, 0.25) is 0 Å². The number of hydrogen-bond acceptors (Lipinski definition) is 1. The van der Waals surface area contributed by atoms with Gasteiger partial charge in [0.1, 0.15) is 0 Å². The third kappa shape index (κ3) is 3.98. The fraction of sp³-hybridized carbons (Fsp3) is 0.0625. The zero-order chi connectivity index (χ0) is 23.4. The summed E-state index contributed by atoms with van der Waals surface area (Å²) in [6, 6.07) is 48.7. The van der Waals surface area contributed by atoms with E-state index < -0.39 is 8.07 Å². The number of nitrogens with one attached hydrogen (secondary N) is 1. The molecule has 0 radical (unpaired) electrons. The van der Waals surface area contributed by atoms with Crippen molar-refractivity contribution in [1.82, 2.24) is 0 Å². The summed E-state index contributed by atoms with van der Waals surface area (Å²) in [6.07, 6.45) is 0. The summed E-state index contributed by atoms with van der Waals surface area (Å²) < 4.78 is 0. The lowest BCUT2D eigenvalue weighted by molar-refractivity contribution is 1.36. The summed E-state index contributed by atoms with van der Waals surface area (Å²) in [5, 5.41) is 9.21. The number of rotatable bonds is 6. The molecule has 0 unspecified atom stereocenters. The van der Waals surface area contributed by atoms with Crippen LogP contribution < -0.4 is 26.1 Å². The van der Waals surface area contributed by atoms with Crippen LogP contribution in [0, 0.1) is 13.8 Å². The normalized spacial score (nSPS) is 11.2. The maximum absolute atomic E-state index is 3.65. The lowest BCUT2D eigenvalue weighted by Gasteiger charge is -2.34. The molecule has 0 aliphatic rings. The number of anilines is 2. The van der Waals surface area contributed by atoms with Gasteiger partial charge in [0.15, 0.2) is 8.07 Å². The van der Waals surface area contributed by atoms with Gasteiger partial charge in [-0.2, -0.15) is 0 Å². The summed E-state index contributed by atoms with van der Waals surface area (Å²) in [7, 11) is -2.46. The van der Waals surface area contributed by atoms with E-state index in [0.29, 0.717) is 0 Å². The van der Waals surface area contributed by atoms with Crippen LogP contribution in [0.15, 0.2) is 133 Å². The molecule has 5 rings (SSSR count). The molecule has 0 aromatic heterocycles. The quantitative estimate of drug-likeness (QED) is 0.266. The van der Waals surface area contributed by atoms with E-state index >= 15 is 0 Å². The fourth-order valence-electron chi connectivity index (χ4n) is 5.02. The zero-order valence-corrected chi connectivity index (χ0v) is 20.7. The summed E-state index contributed by atoms with van der Waals surface area (Å²) in [5.74, 6) is 0. The first kappa shape index (κ1) is 21.9. The molecule has 1 N–H and O–H groups in total. The van der Waals surface area contributed by atoms with Gasteiger partial charge in [-0.1, -0.05) is 121 Å². The molecular formula is C32H29NSi. The van der Waals surface area contributed by atoms with E-state index in [1.807, 2.05) is 0 Å². The van der Waals surface area contributed by atoms with Crippen molar-refractivity contribution in [2.45, 2.75) is 13.8 Å². The Bertz CT molecular complexity index is 1240. The van der Waals surface area contributed by atoms with Crippen LogP contribution in [0.25, 0.3) is 0 Å². The number of hydrogen-bond donors (Lipinski definition) is 1. The zero-order valence-electron chi connectivity index (χ0n) is 19.7. The SMILES string of the molecule is Cc1cccc(C)c1Nc1ccc([Si](c2ccccc2)(c2ccccc2)c2ccccc2)cc1. The first-order chi connectivity index (χ1) is 16.7. The highest BCUT2D eigenvalue weighted by atomic mass is 28.3. The molecule has 34 heavy (non-hydrogen) atoms. The van der Waals surface area contributed by atoms with Crippen LogP contribution in [0.2, 0.25) is 0 Å². The minimum absolute atomic E-state index is 1.11. The van der Waals surface area contributed by atoms with E-state index in [2.05, 4.69) is 153 Å². The van der Waals surface area contributed by atoms with Crippen LogP contribution in [-0.2, 0) is 0 Å². The minimum atomic E-state index is -2.46. The Labute approximate surface area is 203 Å². The fourth-order valence-corrected chi connectivity index (χ4v) is 9.77. The van der Waals surface area contributed by atoms with Gasteiger partial charge in [0.05, 0.1) is 0 Å². The molecule has 0 saturated heterocycles. The van der Waals surface area contributed by atoms with Crippen molar-refractivity contribution in [3.05, 3.63) is 145 Å². The monoisotopic (exact) mass is 455 g/mol. The highest BCUT2D eigenvalue weighted by Gasteiger charge is 2.41. The third-order valence-corrected chi connectivity index (χ3v) is 11.5. The predicted octanol–water partition coefficient (Wildman–Crippen LogP) is 5.42. The van der Waals surface area contributed by atoms with Gasteiger partial charge in [-0.05, 0) is 57.9 Å². The standard InChI is InChI=1S/C32H29NSi/c1-25-13-12-14-26(2)32(25)33-27-21-23-31(24-22-27)34(28-15-6-3-7-16-28,29-17-8-4-9-18-29)30-19-10-5-11-20-30/h3-24,33H,1-2H3. The van der Waals surface area contributed by atoms with Gasteiger partial charge < -0.3 is 5.32 Å². The Balaban J connectivity index is 1.69. The molecule has 2 heteroatoms. The Morgan fingerprint density at radius 1 is 0.412 bits per heavy atom. The van der Waals surface area contributed by atoms with Crippen LogP contribution in [-0.4, -0.2) is 8.07 Å². The first-order valence-corrected chi connectivity index (χ1v) is 13.8. The molecule has 0 aliphatic carbocycles. The molecule has 0 spiro atoms. The number of aryl methyl sites for hydroxylation is 2. The van der Waals surface area contributed by atoms with E-state index in [-0.39, 0.29) is 0 Å². The molecule has 0 bridgehead atoms. The minimum Gasteiger partial charge on any atom is -0.355 e. The second-order valence-electron chi connectivity index (χ2n) is 8.82. The molecular weight excluding hydrogens is 426 g/mol.